The molecule has 0 saturated carbocycles. The lowest BCUT2D eigenvalue weighted by molar-refractivity contribution is 0.478. The summed E-state index contributed by atoms with van der Waals surface area (Å²) >= 11 is 0. The Balaban J connectivity index is 2.11. The monoisotopic (exact) mass is 283 g/mol. The minimum absolute atomic E-state index is 0.473. The van der Waals surface area contributed by atoms with Crippen LogP contribution >= 0.6 is 0 Å². The first-order valence-electron chi connectivity index (χ1n) is 6.83. The topological polar surface area (TPSA) is 44.6 Å². The largest absolute Gasteiger partial charge is 0.349 e. The lowest BCUT2D eigenvalue weighted by Gasteiger charge is -2.22. The lowest BCUT2D eigenvalue weighted by Crippen LogP contribution is -2.35. The molecule has 0 N–H and O–H groups in total. The van der Waals surface area contributed by atoms with Crippen molar-refractivity contribution >= 4 is 5.96 Å². The Morgan fingerprint density at radius 3 is 2.00 bits per heavy atom. The van der Waals surface area contributed by atoms with Crippen molar-refractivity contribution in [1.82, 2.24) is 19.8 Å². The Morgan fingerprint density at radius 1 is 0.905 bits per heavy atom. The van der Waals surface area contributed by atoms with Gasteiger partial charge in [0.05, 0.1) is 0 Å². The van der Waals surface area contributed by atoms with Gasteiger partial charge in [0.25, 0.3) is 0 Å². The third-order valence-electron chi connectivity index (χ3n) is 2.97. The first-order chi connectivity index (χ1) is 10.1. The van der Waals surface area contributed by atoms with Crippen LogP contribution in [0.1, 0.15) is 5.82 Å². The van der Waals surface area contributed by atoms with Crippen molar-refractivity contribution in [2.45, 2.75) is 6.54 Å². The van der Waals surface area contributed by atoms with Crippen LogP contribution in [0.15, 0.2) is 47.7 Å². The Kier molecular flexibility index (Phi) is 4.87. The van der Waals surface area contributed by atoms with Gasteiger partial charge in [0.1, 0.15) is 12.4 Å². The minimum atomic E-state index is 0.473. The first-order valence-corrected chi connectivity index (χ1v) is 6.83. The summed E-state index contributed by atoms with van der Waals surface area (Å²) in [7, 11) is 7.88. The highest BCUT2D eigenvalue weighted by Gasteiger charge is 2.05. The van der Waals surface area contributed by atoms with Crippen molar-refractivity contribution in [2.75, 3.05) is 28.2 Å². The summed E-state index contributed by atoms with van der Waals surface area (Å²) < 4.78 is 0. The zero-order valence-electron chi connectivity index (χ0n) is 13.0. The molecule has 1 heterocycles. The molecule has 5 heteroatoms. The fourth-order valence-corrected chi connectivity index (χ4v) is 2.04. The molecule has 1 aromatic carbocycles. The number of benzene rings is 1. The molecule has 1 aromatic heterocycles. The molecular weight excluding hydrogens is 262 g/mol. The number of hydrogen-bond acceptors (Lipinski definition) is 3. The van der Waals surface area contributed by atoms with Crippen molar-refractivity contribution in [3.05, 3.63) is 48.5 Å². The highest BCUT2D eigenvalue weighted by atomic mass is 15.3. The Bertz CT molecular complexity index is 578. The van der Waals surface area contributed by atoms with Crippen molar-refractivity contribution < 1.29 is 0 Å². The van der Waals surface area contributed by atoms with E-state index in [1.807, 2.05) is 80.7 Å². The van der Waals surface area contributed by atoms with Crippen LogP contribution < -0.4 is 0 Å². The van der Waals surface area contributed by atoms with Crippen LogP contribution in [0, 0.1) is 0 Å². The molecule has 2 aromatic rings. The molecule has 0 bridgehead atoms. The van der Waals surface area contributed by atoms with Crippen molar-refractivity contribution in [3.8, 4) is 11.1 Å². The number of aliphatic imine (C=N–C) groups is 1. The van der Waals surface area contributed by atoms with E-state index in [2.05, 4.69) is 15.0 Å². The van der Waals surface area contributed by atoms with Crippen LogP contribution in [0.5, 0.6) is 0 Å². The van der Waals surface area contributed by atoms with Gasteiger partial charge in [-0.25, -0.2) is 15.0 Å². The Hall–Kier alpha value is -2.43. The molecule has 5 nitrogen and oxygen atoms in total. The van der Waals surface area contributed by atoms with Gasteiger partial charge in [-0.2, -0.15) is 0 Å². The molecule has 0 spiro atoms. The molecule has 0 amide bonds. The van der Waals surface area contributed by atoms with Gasteiger partial charge in [0.2, 0.25) is 0 Å². The highest BCUT2D eigenvalue weighted by molar-refractivity contribution is 5.79. The van der Waals surface area contributed by atoms with Crippen LogP contribution in [-0.4, -0.2) is 53.9 Å². The van der Waals surface area contributed by atoms with Crippen LogP contribution in [0.4, 0.5) is 0 Å². The molecule has 0 saturated heterocycles. The fourth-order valence-electron chi connectivity index (χ4n) is 2.04. The molecule has 0 radical (unpaired) electrons. The summed E-state index contributed by atoms with van der Waals surface area (Å²) in [4.78, 5) is 17.3. The third kappa shape index (κ3) is 4.02. The zero-order chi connectivity index (χ0) is 15.2. The van der Waals surface area contributed by atoms with E-state index in [1.165, 1.54) is 0 Å². The quantitative estimate of drug-likeness (QED) is 0.639. The van der Waals surface area contributed by atoms with Gasteiger partial charge in [-0.1, -0.05) is 30.3 Å². The van der Waals surface area contributed by atoms with Gasteiger partial charge < -0.3 is 9.80 Å². The van der Waals surface area contributed by atoms with Gasteiger partial charge in [-0.15, -0.1) is 0 Å². The van der Waals surface area contributed by atoms with Crippen LogP contribution in [0.2, 0.25) is 0 Å². The zero-order valence-corrected chi connectivity index (χ0v) is 13.0. The summed E-state index contributed by atoms with van der Waals surface area (Å²) in [5, 5.41) is 0. The van der Waals surface area contributed by atoms with Crippen molar-refractivity contribution in [2.24, 2.45) is 4.99 Å². The van der Waals surface area contributed by atoms with Crippen molar-refractivity contribution in [3.63, 3.8) is 0 Å². The maximum atomic E-state index is 4.54. The summed E-state index contributed by atoms with van der Waals surface area (Å²) in [5.41, 5.74) is 2.14. The average molecular weight is 283 g/mol. The standard InChI is InChI=1S/C16H21N5/c1-20(2)16(21(3)4)19-12-15-17-10-14(11-18-15)13-8-6-5-7-9-13/h5-11H,12H2,1-4H3. The SMILES string of the molecule is CN(C)C(=NCc1ncc(-c2ccccc2)cn1)N(C)C. The maximum Gasteiger partial charge on any atom is 0.195 e. The molecule has 0 aliphatic rings. The fraction of sp³-hybridized carbons (Fsp3) is 0.312. The predicted molar refractivity (Wildman–Crippen MR) is 86.0 cm³/mol. The molecule has 2 rings (SSSR count). The number of hydrogen-bond donors (Lipinski definition) is 0. The molecule has 0 atom stereocenters. The molecule has 0 aliphatic heterocycles. The summed E-state index contributed by atoms with van der Waals surface area (Å²) in [6, 6.07) is 10.1. The second-order valence-electron chi connectivity index (χ2n) is 5.16. The van der Waals surface area contributed by atoms with E-state index < -0.39 is 0 Å². The van der Waals surface area contributed by atoms with E-state index >= 15 is 0 Å². The van der Waals surface area contributed by atoms with Gasteiger partial charge in [-0.05, 0) is 5.56 Å². The second kappa shape index (κ2) is 6.83. The highest BCUT2D eigenvalue weighted by Crippen LogP contribution is 2.16. The molecule has 21 heavy (non-hydrogen) atoms. The smallest absolute Gasteiger partial charge is 0.195 e. The number of aromatic nitrogens is 2. The third-order valence-corrected chi connectivity index (χ3v) is 2.97. The van der Waals surface area contributed by atoms with Gasteiger partial charge in [0.15, 0.2) is 5.96 Å². The minimum Gasteiger partial charge on any atom is -0.349 e. The van der Waals surface area contributed by atoms with E-state index in [0.717, 1.165) is 22.9 Å². The van der Waals surface area contributed by atoms with E-state index in [4.69, 9.17) is 0 Å². The normalized spacial score (nSPS) is 10.1. The van der Waals surface area contributed by atoms with Gasteiger partial charge >= 0.3 is 0 Å². The summed E-state index contributed by atoms with van der Waals surface area (Å²) in [6.07, 6.45) is 3.69. The first kappa shape index (κ1) is 15.0. The van der Waals surface area contributed by atoms with Gasteiger partial charge in [0, 0.05) is 46.1 Å². The second-order valence-corrected chi connectivity index (χ2v) is 5.16. The van der Waals surface area contributed by atoms with E-state index in [0.29, 0.717) is 6.54 Å². The van der Waals surface area contributed by atoms with E-state index in [-0.39, 0.29) is 0 Å². The Morgan fingerprint density at radius 2 is 1.48 bits per heavy atom. The van der Waals surface area contributed by atoms with Crippen molar-refractivity contribution in [1.29, 1.82) is 0 Å². The van der Waals surface area contributed by atoms with Crippen LogP contribution in [0.3, 0.4) is 0 Å². The lowest BCUT2D eigenvalue weighted by atomic mass is 10.1. The average Bonchev–Trinajstić information content (AvgIpc) is 2.48. The van der Waals surface area contributed by atoms with Crippen LogP contribution in [0.25, 0.3) is 11.1 Å². The molecule has 0 fully saturated rings. The molecular formula is C16H21N5. The number of guanidine groups is 1. The van der Waals surface area contributed by atoms with Crippen LogP contribution in [-0.2, 0) is 6.54 Å². The number of nitrogens with zero attached hydrogens (tertiary/aromatic N) is 5. The number of rotatable bonds is 3. The Labute approximate surface area is 126 Å². The molecule has 110 valence electrons. The summed E-state index contributed by atoms with van der Waals surface area (Å²) in [6.45, 7) is 0.473. The maximum absolute atomic E-state index is 4.54. The molecule has 0 aliphatic carbocycles. The van der Waals surface area contributed by atoms with E-state index in [1.54, 1.807) is 0 Å². The summed E-state index contributed by atoms with van der Waals surface area (Å²) in [5.74, 6) is 1.61. The van der Waals surface area contributed by atoms with Gasteiger partial charge in [-0.3, -0.25) is 0 Å². The van der Waals surface area contributed by atoms with E-state index in [9.17, 15) is 0 Å². The molecule has 0 unspecified atom stereocenters. The predicted octanol–water partition coefficient (Wildman–Crippen LogP) is 2.12.